The molecule has 4 nitrogen and oxygen atoms in total. The molecule has 2 rings (SSSR count). The maximum Gasteiger partial charge on any atom is 0.222 e. The molecule has 1 amide bonds. The second kappa shape index (κ2) is 14.4. The minimum Gasteiger partial charge on any atom is -0.379 e. The van der Waals surface area contributed by atoms with Crippen molar-refractivity contribution in [3.8, 4) is 0 Å². The molecular formula is C25H40N2O2. The van der Waals surface area contributed by atoms with Crippen LogP contribution in [0.3, 0.4) is 0 Å². The molecule has 1 heterocycles. The molecule has 1 fully saturated rings. The Labute approximate surface area is 177 Å². The van der Waals surface area contributed by atoms with Gasteiger partial charge in [-0.1, -0.05) is 68.7 Å². The Hall–Kier alpha value is -1.65. The van der Waals surface area contributed by atoms with E-state index < -0.39 is 0 Å². The topological polar surface area (TPSA) is 32.8 Å². The van der Waals surface area contributed by atoms with Gasteiger partial charge in [-0.3, -0.25) is 9.69 Å². The first-order chi connectivity index (χ1) is 14.2. The molecule has 0 aromatic heterocycles. The van der Waals surface area contributed by atoms with Gasteiger partial charge in [0.15, 0.2) is 0 Å². The van der Waals surface area contributed by atoms with Gasteiger partial charge in [-0.05, 0) is 31.2 Å². The van der Waals surface area contributed by atoms with Crippen LogP contribution in [0.2, 0.25) is 0 Å². The molecule has 29 heavy (non-hydrogen) atoms. The molecule has 0 bridgehead atoms. The normalized spacial score (nSPS) is 15.4. The lowest BCUT2D eigenvalue weighted by molar-refractivity contribution is -0.131. The summed E-state index contributed by atoms with van der Waals surface area (Å²) in [6, 6.07) is 10.5. The number of nitrogens with zero attached hydrogens (tertiary/aromatic N) is 2. The van der Waals surface area contributed by atoms with E-state index in [1.54, 1.807) is 0 Å². The molecule has 0 saturated carbocycles. The number of carbonyl (C=O) groups is 1. The lowest BCUT2D eigenvalue weighted by Gasteiger charge is -2.29. The zero-order chi connectivity index (χ0) is 20.7. The fraction of sp³-hybridized carbons (Fsp3) is 0.640. The standard InChI is InChI=1S/C25H40N2O2/c1-3-5-7-14-24(21-23-12-8-6-9-13-23)22-27(25(28)11-4-2)16-10-15-26-17-19-29-20-18-26/h6,8-9,12-13,21H,3-5,7,10-11,14-20,22H2,1-2H3/b24-21+. The molecule has 1 aromatic rings. The van der Waals surface area contributed by atoms with Gasteiger partial charge in [-0.15, -0.1) is 0 Å². The van der Waals surface area contributed by atoms with Gasteiger partial charge in [0.25, 0.3) is 0 Å². The summed E-state index contributed by atoms with van der Waals surface area (Å²) in [6.07, 6.45) is 9.61. The highest BCUT2D eigenvalue weighted by molar-refractivity contribution is 5.76. The highest BCUT2D eigenvalue weighted by atomic mass is 16.5. The van der Waals surface area contributed by atoms with Crippen LogP contribution in [0, 0.1) is 0 Å². The minimum atomic E-state index is 0.295. The van der Waals surface area contributed by atoms with E-state index in [0.717, 1.165) is 65.2 Å². The van der Waals surface area contributed by atoms with E-state index in [0.29, 0.717) is 12.3 Å². The zero-order valence-electron chi connectivity index (χ0n) is 18.6. The van der Waals surface area contributed by atoms with Crippen LogP contribution in [0.15, 0.2) is 35.9 Å². The first-order valence-electron chi connectivity index (χ1n) is 11.5. The molecule has 1 aromatic carbocycles. The van der Waals surface area contributed by atoms with E-state index in [1.807, 2.05) is 0 Å². The summed E-state index contributed by atoms with van der Waals surface area (Å²) in [5.74, 6) is 0.295. The second-order valence-electron chi connectivity index (χ2n) is 8.04. The maximum atomic E-state index is 12.8. The monoisotopic (exact) mass is 400 g/mol. The molecule has 0 unspecified atom stereocenters. The van der Waals surface area contributed by atoms with Crippen molar-refractivity contribution in [1.29, 1.82) is 0 Å². The molecule has 0 N–H and O–H groups in total. The van der Waals surface area contributed by atoms with Crippen LogP contribution < -0.4 is 0 Å². The van der Waals surface area contributed by atoms with Crippen molar-refractivity contribution in [3.05, 3.63) is 41.5 Å². The summed E-state index contributed by atoms with van der Waals surface area (Å²) >= 11 is 0. The van der Waals surface area contributed by atoms with Gasteiger partial charge in [-0.25, -0.2) is 0 Å². The number of rotatable bonds is 13. The van der Waals surface area contributed by atoms with Crippen LogP contribution in [0.1, 0.15) is 64.4 Å². The number of amides is 1. The van der Waals surface area contributed by atoms with Crippen molar-refractivity contribution < 1.29 is 9.53 Å². The number of morpholine rings is 1. The number of carbonyl (C=O) groups excluding carboxylic acids is 1. The lowest BCUT2D eigenvalue weighted by Crippen LogP contribution is -2.39. The summed E-state index contributed by atoms with van der Waals surface area (Å²) in [5.41, 5.74) is 2.61. The summed E-state index contributed by atoms with van der Waals surface area (Å²) in [7, 11) is 0. The third kappa shape index (κ3) is 9.60. The van der Waals surface area contributed by atoms with E-state index in [-0.39, 0.29) is 0 Å². The van der Waals surface area contributed by atoms with Gasteiger partial charge in [0.05, 0.1) is 13.2 Å². The SMILES string of the molecule is CCCCC/C(=C\c1ccccc1)CN(CCCN1CCOCC1)C(=O)CCC. The molecule has 4 heteroatoms. The average molecular weight is 401 g/mol. The van der Waals surface area contributed by atoms with Gasteiger partial charge in [0.1, 0.15) is 0 Å². The summed E-state index contributed by atoms with van der Waals surface area (Å²) in [4.78, 5) is 17.4. The first-order valence-corrected chi connectivity index (χ1v) is 11.5. The van der Waals surface area contributed by atoms with E-state index in [2.05, 4.69) is 60.1 Å². The Bertz CT molecular complexity index is 594. The molecule has 162 valence electrons. The first kappa shape index (κ1) is 23.6. The van der Waals surface area contributed by atoms with Crippen molar-refractivity contribution >= 4 is 12.0 Å². The van der Waals surface area contributed by atoms with Gasteiger partial charge >= 0.3 is 0 Å². The minimum absolute atomic E-state index is 0.295. The smallest absolute Gasteiger partial charge is 0.222 e. The lowest BCUT2D eigenvalue weighted by atomic mass is 10.0. The number of hydrogen-bond acceptors (Lipinski definition) is 3. The van der Waals surface area contributed by atoms with Crippen LogP contribution in [0.5, 0.6) is 0 Å². The van der Waals surface area contributed by atoms with Gasteiger partial charge in [0, 0.05) is 39.1 Å². The Morgan fingerprint density at radius 1 is 1.03 bits per heavy atom. The fourth-order valence-electron chi connectivity index (χ4n) is 3.80. The number of unbranched alkanes of at least 4 members (excludes halogenated alkanes) is 2. The molecule has 0 atom stereocenters. The second-order valence-corrected chi connectivity index (χ2v) is 8.04. The summed E-state index contributed by atoms with van der Waals surface area (Å²) in [6.45, 7) is 10.7. The summed E-state index contributed by atoms with van der Waals surface area (Å²) in [5, 5.41) is 0. The van der Waals surface area contributed by atoms with Crippen molar-refractivity contribution in [2.24, 2.45) is 0 Å². The molecule has 1 aliphatic heterocycles. The third-order valence-corrected chi connectivity index (χ3v) is 5.49. The van der Waals surface area contributed by atoms with E-state index in [4.69, 9.17) is 4.74 Å². The van der Waals surface area contributed by atoms with Crippen molar-refractivity contribution in [1.82, 2.24) is 9.80 Å². The molecule has 0 aliphatic carbocycles. The number of hydrogen-bond donors (Lipinski definition) is 0. The van der Waals surface area contributed by atoms with Crippen LogP contribution in [-0.2, 0) is 9.53 Å². The maximum absolute atomic E-state index is 12.8. The highest BCUT2D eigenvalue weighted by Crippen LogP contribution is 2.17. The van der Waals surface area contributed by atoms with Gasteiger partial charge < -0.3 is 9.64 Å². The van der Waals surface area contributed by atoms with Crippen molar-refractivity contribution in [2.45, 2.75) is 58.8 Å². The quantitative estimate of drug-likeness (QED) is 0.437. The summed E-state index contributed by atoms with van der Waals surface area (Å²) < 4.78 is 5.44. The van der Waals surface area contributed by atoms with Gasteiger partial charge in [0.2, 0.25) is 5.91 Å². The van der Waals surface area contributed by atoms with Crippen LogP contribution >= 0.6 is 0 Å². The Morgan fingerprint density at radius 3 is 2.48 bits per heavy atom. The van der Waals surface area contributed by atoms with Crippen LogP contribution in [0.4, 0.5) is 0 Å². The molecule has 1 aliphatic rings. The van der Waals surface area contributed by atoms with Crippen LogP contribution in [-0.4, -0.2) is 61.6 Å². The highest BCUT2D eigenvalue weighted by Gasteiger charge is 2.16. The third-order valence-electron chi connectivity index (χ3n) is 5.49. The fourth-order valence-corrected chi connectivity index (χ4v) is 3.80. The molecule has 0 radical (unpaired) electrons. The molecular weight excluding hydrogens is 360 g/mol. The van der Waals surface area contributed by atoms with E-state index >= 15 is 0 Å². The van der Waals surface area contributed by atoms with Crippen molar-refractivity contribution in [3.63, 3.8) is 0 Å². The number of ether oxygens (including phenoxy) is 1. The molecule has 0 spiro atoms. The van der Waals surface area contributed by atoms with E-state index in [1.165, 1.54) is 30.4 Å². The Kier molecular flexibility index (Phi) is 11.7. The largest absolute Gasteiger partial charge is 0.379 e. The van der Waals surface area contributed by atoms with E-state index in [9.17, 15) is 4.79 Å². The Morgan fingerprint density at radius 2 is 1.79 bits per heavy atom. The molecule has 1 saturated heterocycles. The van der Waals surface area contributed by atoms with Gasteiger partial charge in [-0.2, -0.15) is 0 Å². The predicted octanol–water partition coefficient (Wildman–Crippen LogP) is 5.00. The number of benzene rings is 1. The zero-order valence-corrected chi connectivity index (χ0v) is 18.6. The predicted molar refractivity (Wildman–Crippen MR) is 122 cm³/mol. The average Bonchev–Trinajstić information content (AvgIpc) is 2.74. The Balaban J connectivity index is 2.00. The van der Waals surface area contributed by atoms with Crippen LogP contribution in [0.25, 0.3) is 6.08 Å². The van der Waals surface area contributed by atoms with Crippen molar-refractivity contribution in [2.75, 3.05) is 45.9 Å².